The molecule has 0 saturated heterocycles. The predicted molar refractivity (Wildman–Crippen MR) is 139 cm³/mol. The molecule has 0 spiro atoms. The molecule has 0 aromatic heterocycles. The van der Waals surface area contributed by atoms with Gasteiger partial charge in [0.05, 0.1) is 16.9 Å². The maximum Gasteiger partial charge on any atom is 0.271 e. The minimum atomic E-state index is -4.00. The Bertz CT molecular complexity index is 1230. The molecule has 10 nitrogen and oxygen atoms in total. The number of nitrogens with one attached hydrogen (secondary N) is 1. The number of non-ortho nitro benzene ring substituents is 1. The minimum absolute atomic E-state index is 0.0345. The van der Waals surface area contributed by atoms with Crippen LogP contribution in [0.25, 0.3) is 0 Å². The van der Waals surface area contributed by atoms with Crippen LogP contribution in [-0.2, 0) is 26.2 Å². The van der Waals surface area contributed by atoms with Gasteiger partial charge in [0.25, 0.3) is 5.69 Å². The van der Waals surface area contributed by atoms with Crippen molar-refractivity contribution in [1.29, 1.82) is 0 Å². The molecule has 0 bridgehead atoms. The predicted octanol–water partition coefficient (Wildman–Crippen LogP) is 3.31. The molecule has 2 amide bonds. The molecule has 0 aliphatic rings. The molecule has 11 heteroatoms. The molecule has 0 aliphatic heterocycles. The number of anilines is 1. The standard InChI is InChI=1S/C25H34N4O6S/c1-7-19(4)26-25(31)20(5)27(15-21-10-8-9-17(2)13-21)24(30)16-28(36(6,34)35)23-14-22(29(32)33)12-11-18(23)3/h8-14,19-20H,7,15-16H2,1-6H3,(H,26,31)/t19-,20-/m0/s1. The summed E-state index contributed by atoms with van der Waals surface area (Å²) < 4.78 is 26.3. The van der Waals surface area contributed by atoms with Crippen LogP contribution in [-0.4, -0.2) is 54.9 Å². The zero-order valence-electron chi connectivity index (χ0n) is 21.5. The summed E-state index contributed by atoms with van der Waals surface area (Å²) in [5.41, 5.74) is 1.94. The van der Waals surface area contributed by atoms with E-state index in [0.29, 0.717) is 12.0 Å². The van der Waals surface area contributed by atoms with Crippen molar-refractivity contribution in [3.63, 3.8) is 0 Å². The second-order valence-corrected chi connectivity index (χ2v) is 10.9. The van der Waals surface area contributed by atoms with Crippen LogP contribution in [0.4, 0.5) is 11.4 Å². The van der Waals surface area contributed by atoms with E-state index in [1.165, 1.54) is 17.0 Å². The van der Waals surface area contributed by atoms with Crippen LogP contribution >= 0.6 is 0 Å². The molecular weight excluding hydrogens is 484 g/mol. The van der Waals surface area contributed by atoms with Gasteiger partial charge in [-0.15, -0.1) is 0 Å². The van der Waals surface area contributed by atoms with E-state index in [1.54, 1.807) is 13.8 Å². The van der Waals surface area contributed by atoms with Crippen LogP contribution in [0.1, 0.15) is 43.9 Å². The Morgan fingerprint density at radius 1 is 1.11 bits per heavy atom. The lowest BCUT2D eigenvalue weighted by Crippen LogP contribution is -2.52. The zero-order chi connectivity index (χ0) is 27.2. The Balaban J connectivity index is 2.48. The molecular formula is C25H34N4O6S. The quantitative estimate of drug-likeness (QED) is 0.359. The summed E-state index contributed by atoms with van der Waals surface area (Å²) in [6.45, 7) is 8.35. The number of hydrogen-bond donors (Lipinski definition) is 1. The van der Waals surface area contributed by atoms with E-state index in [9.17, 15) is 28.1 Å². The van der Waals surface area contributed by atoms with E-state index in [2.05, 4.69) is 5.32 Å². The van der Waals surface area contributed by atoms with Gasteiger partial charge < -0.3 is 10.2 Å². The highest BCUT2D eigenvalue weighted by atomic mass is 32.2. The van der Waals surface area contributed by atoms with E-state index in [1.807, 2.05) is 45.0 Å². The zero-order valence-corrected chi connectivity index (χ0v) is 22.3. The number of benzene rings is 2. The Morgan fingerprint density at radius 2 is 1.78 bits per heavy atom. The smallest absolute Gasteiger partial charge is 0.271 e. The molecule has 2 aromatic carbocycles. The monoisotopic (exact) mass is 518 g/mol. The van der Waals surface area contributed by atoms with Crippen molar-refractivity contribution >= 4 is 33.2 Å². The van der Waals surface area contributed by atoms with Gasteiger partial charge in [0.2, 0.25) is 21.8 Å². The topological polar surface area (TPSA) is 130 Å². The number of amides is 2. The number of nitrogens with zero attached hydrogens (tertiary/aromatic N) is 3. The third-order valence-corrected chi connectivity index (χ3v) is 7.08. The largest absolute Gasteiger partial charge is 0.352 e. The van der Waals surface area contributed by atoms with E-state index in [-0.39, 0.29) is 29.9 Å². The first kappa shape index (κ1) is 28.8. The van der Waals surface area contributed by atoms with Crippen LogP contribution in [0.5, 0.6) is 0 Å². The molecule has 0 fully saturated rings. The van der Waals surface area contributed by atoms with Crippen LogP contribution in [0.15, 0.2) is 42.5 Å². The van der Waals surface area contributed by atoms with Crippen molar-refractivity contribution < 1.29 is 22.9 Å². The first-order valence-electron chi connectivity index (χ1n) is 11.6. The maximum atomic E-state index is 13.6. The third-order valence-electron chi connectivity index (χ3n) is 5.96. The number of hydrogen-bond acceptors (Lipinski definition) is 6. The first-order valence-corrected chi connectivity index (χ1v) is 13.5. The van der Waals surface area contributed by atoms with Crippen molar-refractivity contribution in [2.75, 3.05) is 17.1 Å². The summed E-state index contributed by atoms with van der Waals surface area (Å²) in [6.07, 6.45) is 1.64. The highest BCUT2D eigenvalue weighted by molar-refractivity contribution is 7.92. The lowest BCUT2D eigenvalue weighted by atomic mass is 10.1. The van der Waals surface area contributed by atoms with Crippen LogP contribution in [0, 0.1) is 24.0 Å². The summed E-state index contributed by atoms with van der Waals surface area (Å²) >= 11 is 0. The normalized spacial score (nSPS) is 12.9. The van der Waals surface area contributed by atoms with Crippen molar-refractivity contribution in [3.05, 3.63) is 69.3 Å². The summed E-state index contributed by atoms with van der Waals surface area (Å²) in [5.74, 6) is -0.970. The summed E-state index contributed by atoms with van der Waals surface area (Å²) in [6, 6.07) is 10.3. The fraction of sp³-hybridized carbons (Fsp3) is 0.440. The molecule has 2 aromatic rings. The molecule has 2 rings (SSSR count). The lowest BCUT2D eigenvalue weighted by Gasteiger charge is -2.32. The molecule has 2 atom stereocenters. The lowest BCUT2D eigenvalue weighted by molar-refractivity contribution is -0.384. The molecule has 0 radical (unpaired) electrons. The van der Waals surface area contributed by atoms with Crippen LogP contribution in [0.3, 0.4) is 0 Å². The van der Waals surface area contributed by atoms with Gasteiger partial charge in [-0.1, -0.05) is 42.8 Å². The average Bonchev–Trinajstić information content (AvgIpc) is 2.80. The molecule has 1 N–H and O–H groups in total. The van der Waals surface area contributed by atoms with Gasteiger partial charge in [0.1, 0.15) is 12.6 Å². The van der Waals surface area contributed by atoms with E-state index < -0.39 is 33.4 Å². The van der Waals surface area contributed by atoms with Crippen molar-refractivity contribution in [3.8, 4) is 0 Å². The third kappa shape index (κ3) is 7.51. The molecule has 36 heavy (non-hydrogen) atoms. The van der Waals surface area contributed by atoms with Gasteiger partial charge in [-0.25, -0.2) is 8.42 Å². The Kier molecular flexibility index (Phi) is 9.57. The van der Waals surface area contributed by atoms with E-state index in [0.717, 1.165) is 27.8 Å². The van der Waals surface area contributed by atoms with Crippen molar-refractivity contribution in [2.24, 2.45) is 0 Å². The first-order chi connectivity index (χ1) is 16.7. The summed E-state index contributed by atoms with van der Waals surface area (Å²) in [7, 11) is -4.00. The fourth-order valence-corrected chi connectivity index (χ4v) is 4.53. The van der Waals surface area contributed by atoms with Crippen molar-refractivity contribution in [2.45, 2.75) is 59.7 Å². The maximum absolute atomic E-state index is 13.6. The van der Waals surface area contributed by atoms with E-state index in [4.69, 9.17) is 0 Å². The van der Waals surface area contributed by atoms with Gasteiger partial charge in [-0.3, -0.25) is 24.0 Å². The van der Waals surface area contributed by atoms with Gasteiger partial charge in [0, 0.05) is 24.7 Å². The Hall–Kier alpha value is -3.47. The number of nitro benzene ring substituents is 1. The number of aryl methyl sites for hydroxylation is 2. The van der Waals surface area contributed by atoms with Crippen molar-refractivity contribution in [1.82, 2.24) is 10.2 Å². The summed E-state index contributed by atoms with van der Waals surface area (Å²) in [5, 5.41) is 14.2. The van der Waals surface area contributed by atoms with Crippen LogP contribution in [0.2, 0.25) is 0 Å². The molecule has 196 valence electrons. The number of rotatable bonds is 11. The molecule has 0 saturated carbocycles. The van der Waals surface area contributed by atoms with E-state index >= 15 is 0 Å². The number of sulfonamides is 1. The van der Waals surface area contributed by atoms with Gasteiger partial charge >= 0.3 is 0 Å². The van der Waals surface area contributed by atoms with Gasteiger partial charge in [-0.05, 0) is 45.2 Å². The minimum Gasteiger partial charge on any atom is -0.352 e. The van der Waals surface area contributed by atoms with Gasteiger partial charge in [0.15, 0.2) is 0 Å². The molecule has 0 aliphatic carbocycles. The fourth-order valence-electron chi connectivity index (χ4n) is 3.63. The Labute approximate surface area is 212 Å². The average molecular weight is 519 g/mol. The number of nitro groups is 1. The summed E-state index contributed by atoms with van der Waals surface area (Å²) in [4.78, 5) is 38.5. The highest BCUT2D eigenvalue weighted by Gasteiger charge is 2.31. The Morgan fingerprint density at radius 3 is 2.33 bits per heavy atom. The second kappa shape index (κ2) is 12.0. The van der Waals surface area contributed by atoms with Crippen LogP contribution < -0.4 is 9.62 Å². The SMILES string of the molecule is CC[C@H](C)NC(=O)[C@H](C)N(Cc1cccc(C)c1)C(=O)CN(c1cc([N+](=O)[O-])ccc1C)S(C)(=O)=O. The second-order valence-electron chi connectivity index (χ2n) is 9.00. The number of carbonyl (C=O) groups excluding carboxylic acids is 2. The molecule has 0 unspecified atom stereocenters. The van der Waals surface area contributed by atoms with Gasteiger partial charge in [-0.2, -0.15) is 0 Å². The molecule has 0 heterocycles. The number of carbonyl (C=O) groups is 2. The highest BCUT2D eigenvalue weighted by Crippen LogP contribution is 2.28.